The van der Waals surface area contributed by atoms with Gasteiger partial charge in [0.25, 0.3) is 0 Å². The second kappa shape index (κ2) is 11.4. The summed E-state index contributed by atoms with van der Waals surface area (Å²) in [7, 11) is 0. The van der Waals surface area contributed by atoms with Crippen LogP contribution in [0, 0.1) is 11.7 Å². The third-order valence-electron chi connectivity index (χ3n) is 7.82. The van der Waals surface area contributed by atoms with Gasteiger partial charge in [0.2, 0.25) is 0 Å². The Balaban J connectivity index is 1.32. The van der Waals surface area contributed by atoms with E-state index in [0.717, 1.165) is 48.9 Å². The summed E-state index contributed by atoms with van der Waals surface area (Å²) in [5, 5.41) is 11.3. The Morgan fingerprint density at radius 3 is 2.32 bits per heavy atom. The van der Waals surface area contributed by atoms with E-state index in [1.807, 2.05) is 18.2 Å². The summed E-state index contributed by atoms with van der Waals surface area (Å²) in [6.45, 7) is 1.87. The number of amides is 2. The van der Waals surface area contributed by atoms with E-state index in [2.05, 4.69) is 17.4 Å². The molecule has 0 bridgehead atoms. The number of halogens is 4. The van der Waals surface area contributed by atoms with Crippen molar-refractivity contribution in [3.8, 4) is 16.9 Å². The summed E-state index contributed by atoms with van der Waals surface area (Å²) >= 11 is 0. The summed E-state index contributed by atoms with van der Waals surface area (Å²) in [5.74, 6) is -0.733. The molecule has 1 aliphatic carbocycles. The van der Waals surface area contributed by atoms with Crippen molar-refractivity contribution in [1.29, 1.82) is 0 Å². The van der Waals surface area contributed by atoms with Gasteiger partial charge in [-0.3, -0.25) is 9.69 Å². The number of nitrogens with one attached hydrogen (secondary N) is 1. The number of carboxylic acids is 1. The van der Waals surface area contributed by atoms with E-state index in [0.29, 0.717) is 23.4 Å². The average Bonchev–Trinajstić information content (AvgIpc) is 2.93. The van der Waals surface area contributed by atoms with Crippen LogP contribution in [0.5, 0.6) is 5.75 Å². The van der Waals surface area contributed by atoms with E-state index < -0.39 is 41.3 Å². The number of hydrogen-bond donors (Lipinski definition) is 2. The molecule has 2 amide bonds. The van der Waals surface area contributed by atoms with Gasteiger partial charge in [-0.2, -0.15) is 13.2 Å². The fourth-order valence-corrected chi connectivity index (χ4v) is 5.75. The molecular formula is C31H30F4N2O4. The monoisotopic (exact) mass is 570 g/mol. The van der Waals surface area contributed by atoms with E-state index in [4.69, 9.17) is 9.84 Å². The molecule has 1 heterocycles. The molecule has 0 aromatic heterocycles. The number of rotatable bonds is 5. The number of nitrogens with zero attached hydrogens (tertiary/aromatic N) is 1. The van der Waals surface area contributed by atoms with Crippen molar-refractivity contribution in [1.82, 2.24) is 0 Å². The number of fused-ring (bicyclic) bond motifs is 1. The number of hydrogen-bond acceptors (Lipinski definition) is 3. The van der Waals surface area contributed by atoms with Crippen LogP contribution < -0.4 is 15.0 Å². The van der Waals surface area contributed by atoms with Gasteiger partial charge in [-0.05, 0) is 91.5 Å². The third-order valence-corrected chi connectivity index (χ3v) is 7.82. The number of carbonyl (C=O) groups excluding carboxylic acids is 1. The first-order valence-corrected chi connectivity index (χ1v) is 13.6. The second-order valence-corrected chi connectivity index (χ2v) is 10.8. The normalized spacial score (nSPS) is 20.6. The highest BCUT2D eigenvalue weighted by atomic mass is 19.4. The van der Waals surface area contributed by atoms with Gasteiger partial charge in [-0.15, -0.1) is 0 Å². The number of carboxylic acid groups (broad SMARTS) is 1. The van der Waals surface area contributed by atoms with Crippen molar-refractivity contribution in [3.63, 3.8) is 0 Å². The van der Waals surface area contributed by atoms with Crippen LogP contribution in [0.25, 0.3) is 11.1 Å². The molecule has 5 rings (SSSR count). The lowest BCUT2D eigenvalue weighted by molar-refractivity contribution is -0.138. The molecule has 0 saturated heterocycles. The zero-order valence-corrected chi connectivity index (χ0v) is 22.4. The molecule has 1 atom stereocenters. The maximum atomic E-state index is 13.5. The van der Waals surface area contributed by atoms with Crippen LogP contribution in [0.15, 0.2) is 60.7 Å². The minimum Gasteiger partial charge on any atom is -0.487 e. The Morgan fingerprint density at radius 1 is 0.976 bits per heavy atom. The molecule has 3 aromatic rings. The van der Waals surface area contributed by atoms with Crippen molar-refractivity contribution in [2.24, 2.45) is 5.92 Å². The highest BCUT2D eigenvalue weighted by Crippen LogP contribution is 2.41. The maximum absolute atomic E-state index is 13.5. The maximum Gasteiger partial charge on any atom is 0.418 e. The van der Waals surface area contributed by atoms with Gasteiger partial charge >= 0.3 is 18.2 Å². The summed E-state index contributed by atoms with van der Waals surface area (Å²) < 4.78 is 59.8. The molecule has 1 aliphatic heterocycles. The van der Waals surface area contributed by atoms with Crippen LogP contribution in [0.1, 0.15) is 56.1 Å². The fourth-order valence-electron chi connectivity index (χ4n) is 5.75. The summed E-state index contributed by atoms with van der Waals surface area (Å²) in [4.78, 5) is 25.4. The molecule has 216 valence electrons. The molecule has 6 nitrogen and oxygen atoms in total. The molecule has 0 radical (unpaired) electrons. The Labute approximate surface area is 234 Å². The number of alkyl halides is 3. The Morgan fingerprint density at radius 2 is 1.66 bits per heavy atom. The van der Waals surface area contributed by atoms with E-state index in [-0.39, 0.29) is 18.9 Å². The summed E-state index contributed by atoms with van der Waals surface area (Å²) in [6.07, 6.45) is -1.30. The number of anilines is 2. The molecule has 1 saturated carbocycles. The number of carbonyl (C=O) groups is 2. The van der Waals surface area contributed by atoms with Gasteiger partial charge in [0, 0.05) is 6.42 Å². The zero-order valence-electron chi connectivity index (χ0n) is 22.4. The van der Waals surface area contributed by atoms with Crippen LogP contribution in [-0.2, 0) is 11.0 Å². The Hall–Kier alpha value is -4.08. The molecule has 41 heavy (non-hydrogen) atoms. The average molecular weight is 571 g/mol. The van der Waals surface area contributed by atoms with Gasteiger partial charge in [0.15, 0.2) is 0 Å². The lowest BCUT2D eigenvalue weighted by Gasteiger charge is -2.34. The largest absolute Gasteiger partial charge is 0.487 e. The lowest BCUT2D eigenvalue weighted by Crippen LogP contribution is -2.44. The van der Waals surface area contributed by atoms with Crippen molar-refractivity contribution in [3.05, 3.63) is 77.6 Å². The predicted octanol–water partition coefficient (Wildman–Crippen LogP) is 8.08. The van der Waals surface area contributed by atoms with Gasteiger partial charge in [-0.1, -0.05) is 30.3 Å². The summed E-state index contributed by atoms with van der Waals surface area (Å²) in [6, 6.07) is 14.9. The van der Waals surface area contributed by atoms with Crippen LogP contribution in [-0.4, -0.2) is 29.8 Å². The van der Waals surface area contributed by atoms with E-state index in [1.165, 1.54) is 10.5 Å². The van der Waals surface area contributed by atoms with Crippen molar-refractivity contribution < 1.29 is 37.0 Å². The van der Waals surface area contributed by atoms with Gasteiger partial charge in [0.05, 0.1) is 23.5 Å². The lowest BCUT2D eigenvalue weighted by atomic mass is 9.77. The van der Waals surface area contributed by atoms with Crippen LogP contribution in [0.2, 0.25) is 0 Å². The number of urea groups is 1. The molecule has 3 aromatic carbocycles. The number of benzene rings is 3. The standard InChI is InChI=1S/C31H30F4N2O4/c1-18-17-37(30(40)36-26-12-11-24(32)16-25(26)31(33,34)35)27-13-10-23(15-28(27)41-18)22-8-6-21(7-9-22)20-4-2-19(3-5-20)14-29(38)39/h6-13,15-16,18-20H,2-5,14,17H2,1H3,(H,36,40)(H,38,39)/t18?,19-,20-. The summed E-state index contributed by atoms with van der Waals surface area (Å²) in [5.41, 5.74) is 1.63. The Bertz CT molecular complexity index is 1430. The van der Waals surface area contributed by atoms with Gasteiger partial charge in [0.1, 0.15) is 17.7 Å². The molecule has 2 N–H and O–H groups in total. The molecule has 1 unspecified atom stereocenters. The highest BCUT2D eigenvalue weighted by molar-refractivity contribution is 6.03. The molecule has 10 heteroatoms. The van der Waals surface area contributed by atoms with Crippen LogP contribution >= 0.6 is 0 Å². The first kappa shape index (κ1) is 28.4. The fraction of sp³-hybridized carbons (Fsp3) is 0.355. The topological polar surface area (TPSA) is 78.9 Å². The number of ether oxygens (including phenoxy) is 1. The SMILES string of the molecule is CC1CN(C(=O)Nc2ccc(F)cc2C(F)(F)F)c2ccc(-c3ccc([C@H]4CC[C@H](CC(=O)O)CC4)cc3)cc2O1. The smallest absolute Gasteiger partial charge is 0.418 e. The van der Waals surface area contributed by atoms with Crippen molar-refractivity contribution in [2.75, 3.05) is 16.8 Å². The first-order valence-electron chi connectivity index (χ1n) is 13.6. The molecule has 0 spiro atoms. The predicted molar refractivity (Wildman–Crippen MR) is 147 cm³/mol. The third kappa shape index (κ3) is 6.47. The highest BCUT2D eigenvalue weighted by Gasteiger charge is 2.36. The van der Waals surface area contributed by atoms with Crippen LogP contribution in [0.4, 0.5) is 33.7 Å². The molecular weight excluding hydrogens is 540 g/mol. The number of aliphatic carboxylic acids is 1. The van der Waals surface area contributed by atoms with Gasteiger partial charge in [-0.25, -0.2) is 9.18 Å². The van der Waals surface area contributed by atoms with E-state index in [1.54, 1.807) is 19.1 Å². The van der Waals surface area contributed by atoms with E-state index in [9.17, 15) is 27.2 Å². The quantitative estimate of drug-likeness (QED) is 0.304. The minimum absolute atomic E-state index is 0.115. The Kier molecular flexibility index (Phi) is 7.93. The molecule has 1 fully saturated rings. The van der Waals surface area contributed by atoms with Crippen LogP contribution in [0.3, 0.4) is 0 Å². The molecule has 2 aliphatic rings. The van der Waals surface area contributed by atoms with Crippen molar-refractivity contribution in [2.45, 2.75) is 57.2 Å². The minimum atomic E-state index is -4.84. The van der Waals surface area contributed by atoms with E-state index >= 15 is 0 Å². The second-order valence-electron chi connectivity index (χ2n) is 10.8. The van der Waals surface area contributed by atoms with Gasteiger partial charge < -0.3 is 15.2 Å². The zero-order chi connectivity index (χ0) is 29.3. The first-order chi connectivity index (χ1) is 19.5. The van der Waals surface area contributed by atoms with Crippen molar-refractivity contribution >= 4 is 23.4 Å².